The standard InChI is InChI=1S/C7H7NO2.C6H6BrN.C6H8N2O.3C6H7NO/c8-6-3-1-5(2-4-6)7(9)10;7-5-1-3-6(8)4-2-5;7-4-1-2-6(9)5(8)3-4;7-5-1-3-6(8)4-2-5;7-5-2-1-3-6(8)4-5;7-5-3-1-2-4-6(5)8/h1-4H,8H2,(H,9,10);1-4H,8H2;1-3,9H,7-8H2;3*1-4,8H,7H2. The number of nitrogens with two attached hydrogens (primary N) is 7. The maximum atomic E-state index is 10.3. The van der Waals surface area contributed by atoms with Crippen LogP contribution >= 0.6 is 15.9 Å². The SMILES string of the molecule is Nc1ccc(Br)cc1.Nc1ccc(C(=O)O)cc1.Nc1ccc(O)c(N)c1.Nc1ccc(O)cc1.Nc1cccc(O)c1.Nc1ccccc1O. The minimum atomic E-state index is -0.931. The number of phenols is 4. The zero-order valence-corrected chi connectivity index (χ0v) is 28.9. The van der Waals surface area contributed by atoms with Crippen LogP contribution in [-0.4, -0.2) is 31.5 Å². The third kappa shape index (κ3) is 19.5. The topological polar surface area (TPSA) is 300 Å². The number of nitrogen functional groups attached to an aromatic ring is 7. The molecule has 6 rings (SSSR count). The Morgan fingerprint density at radius 1 is 0.431 bits per heavy atom. The van der Waals surface area contributed by atoms with Crippen LogP contribution in [0, 0.1) is 0 Å². The van der Waals surface area contributed by atoms with Gasteiger partial charge in [0.1, 0.15) is 23.0 Å². The van der Waals surface area contributed by atoms with E-state index in [1.54, 1.807) is 84.9 Å². The summed E-state index contributed by atoms with van der Waals surface area (Å²) < 4.78 is 1.06. The molecule has 0 heterocycles. The average Bonchev–Trinajstić information content (AvgIpc) is 3.09. The molecule has 6 aromatic rings. The molecule has 0 unspecified atom stereocenters. The van der Waals surface area contributed by atoms with Crippen LogP contribution in [0.15, 0.2) is 144 Å². The van der Waals surface area contributed by atoms with Crippen molar-refractivity contribution in [2.75, 3.05) is 40.1 Å². The molecule has 0 saturated carbocycles. The highest BCUT2D eigenvalue weighted by atomic mass is 79.9. The summed E-state index contributed by atoms with van der Waals surface area (Å²) in [4.78, 5) is 10.3. The molecule has 0 aliphatic rings. The second-order valence-electron chi connectivity index (χ2n) is 10.0. The Hall–Kier alpha value is -6.93. The van der Waals surface area contributed by atoms with Crippen molar-refractivity contribution in [2.24, 2.45) is 0 Å². The highest BCUT2D eigenvalue weighted by Gasteiger charge is 1.99. The molecule has 51 heavy (non-hydrogen) atoms. The molecule has 0 amide bonds. The van der Waals surface area contributed by atoms with E-state index in [1.165, 1.54) is 30.3 Å². The molecule has 0 radical (unpaired) electrons. The van der Waals surface area contributed by atoms with Crippen molar-refractivity contribution < 1.29 is 30.3 Å². The lowest BCUT2D eigenvalue weighted by Gasteiger charge is -1.97. The molecule has 13 nitrogen and oxygen atoms in total. The number of aromatic carboxylic acids is 1. The molecule has 0 saturated heterocycles. The van der Waals surface area contributed by atoms with Crippen molar-refractivity contribution in [1.29, 1.82) is 0 Å². The molecule has 0 spiro atoms. The van der Waals surface area contributed by atoms with Gasteiger partial charge in [-0.2, -0.15) is 0 Å². The minimum absolute atomic E-state index is 0.0733. The van der Waals surface area contributed by atoms with Gasteiger partial charge in [0.25, 0.3) is 0 Å². The number of anilines is 7. The summed E-state index contributed by atoms with van der Waals surface area (Å²) in [7, 11) is 0. The number of carbonyl (C=O) groups is 1. The molecule has 0 aliphatic heterocycles. The summed E-state index contributed by atoms with van der Waals surface area (Å²) in [6.07, 6.45) is 0. The van der Waals surface area contributed by atoms with E-state index in [1.807, 2.05) is 24.3 Å². The third-order valence-corrected chi connectivity index (χ3v) is 6.31. The van der Waals surface area contributed by atoms with E-state index < -0.39 is 5.97 Å². The maximum absolute atomic E-state index is 10.3. The Morgan fingerprint density at radius 3 is 1.24 bits per heavy atom. The lowest BCUT2D eigenvalue weighted by Crippen LogP contribution is -1.95. The Balaban J connectivity index is 0.000000307. The number of carboxylic acids is 1. The fourth-order valence-corrected chi connectivity index (χ4v) is 3.41. The highest BCUT2D eigenvalue weighted by molar-refractivity contribution is 9.10. The number of benzene rings is 6. The van der Waals surface area contributed by atoms with Crippen LogP contribution in [0.3, 0.4) is 0 Å². The summed E-state index contributed by atoms with van der Waals surface area (Å²) in [6.45, 7) is 0. The van der Waals surface area contributed by atoms with Crippen LogP contribution in [0.5, 0.6) is 23.0 Å². The van der Waals surface area contributed by atoms with Crippen molar-refractivity contribution in [2.45, 2.75) is 0 Å². The van der Waals surface area contributed by atoms with Gasteiger partial charge in [0, 0.05) is 39.0 Å². The molecular weight excluding hydrogens is 718 g/mol. The van der Waals surface area contributed by atoms with E-state index in [4.69, 9.17) is 65.7 Å². The van der Waals surface area contributed by atoms with Crippen molar-refractivity contribution >= 4 is 61.7 Å². The maximum Gasteiger partial charge on any atom is 0.335 e. The number of carboxylic acid groups (broad SMARTS) is 1. The normalized spacial score (nSPS) is 9.12. The van der Waals surface area contributed by atoms with Gasteiger partial charge >= 0.3 is 5.97 Å². The Bertz CT molecular complexity index is 1770. The highest BCUT2D eigenvalue weighted by Crippen LogP contribution is 2.21. The summed E-state index contributed by atoms with van der Waals surface area (Å²) in [5.41, 5.74) is 41.4. The van der Waals surface area contributed by atoms with Gasteiger partial charge in [0.15, 0.2) is 0 Å². The van der Waals surface area contributed by atoms with Crippen LogP contribution < -0.4 is 40.1 Å². The van der Waals surface area contributed by atoms with Crippen LogP contribution in [-0.2, 0) is 0 Å². The summed E-state index contributed by atoms with van der Waals surface area (Å²) in [5.74, 6) is -0.249. The van der Waals surface area contributed by atoms with E-state index in [9.17, 15) is 4.79 Å². The van der Waals surface area contributed by atoms with E-state index in [0.29, 0.717) is 34.1 Å². The first-order valence-electron chi connectivity index (χ1n) is 14.6. The summed E-state index contributed by atoms with van der Waals surface area (Å²) >= 11 is 3.29. The largest absolute Gasteiger partial charge is 0.508 e. The molecule has 19 N–H and O–H groups in total. The average molecular weight is 761 g/mol. The first-order valence-corrected chi connectivity index (χ1v) is 15.4. The lowest BCUT2D eigenvalue weighted by molar-refractivity contribution is 0.0697. The molecule has 0 aliphatic carbocycles. The molecule has 0 aromatic heterocycles. The number of phenolic OH excluding ortho intramolecular Hbond substituents is 4. The van der Waals surface area contributed by atoms with Gasteiger partial charge in [-0.3, -0.25) is 0 Å². The molecule has 0 fully saturated rings. The predicted molar refractivity (Wildman–Crippen MR) is 211 cm³/mol. The summed E-state index contributed by atoms with van der Waals surface area (Å²) in [5, 5.41) is 43.5. The zero-order chi connectivity index (χ0) is 38.3. The Morgan fingerprint density at radius 2 is 0.882 bits per heavy atom. The number of hydrogen-bond acceptors (Lipinski definition) is 12. The fraction of sp³-hybridized carbons (Fsp3) is 0. The van der Waals surface area contributed by atoms with Gasteiger partial charge in [-0.15, -0.1) is 0 Å². The van der Waals surface area contributed by atoms with Crippen molar-refractivity contribution in [3.05, 3.63) is 150 Å². The van der Waals surface area contributed by atoms with Crippen molar-refractivity contribution in [1.82, 2.24) is 0 Å². The van der Waals surface area contributed by atoms with Gasteiger partial charge in [-0.1, -0.05) is 34.1 Å². The molecular formula is C37H42BrN7O6. The van der Waals surface area contributed by atoms with Crippen LogP contribution in [0.4, 0.5) is 39.8 Å². The van der Waals surface area contributed by atoms with E-state index in [-0.39, 0.29) is 28.6 Å². The number of para-hydroxylation sites is 2. The number of aromatic hydroxyl groups is 4. The summed E-state index contributed by atoms with van der Waals surface area (Å²) in [6, 6.07) is 37.7. The third-order valence-electron chi connectivity index (χ3n) is 5.78. The lowest BCUT2D eigenvalue weighted by atomic mass is 10.2. The van der Waals surface area contributed by atoms with Gasteiger partial charge in [-0.05, 0) is 115 Å². The molecule has 268 valence electrons. The number of hydrogen-bond donors (Lipinski definition) is 12. The quantitative estimate of drug-likeness (QED) is 0.0486. The van der Waals surface area contributed by atoms with Gasteiger partial charge < -0.3 is 65.7 Å². The van der Waals surface area contributed by atoms with Crippen molar-refractivity contribution in [3.63, 3.8) is 0 Å². The molecule has 14 heteroatoms. The van der Waals surface area contributed by atoms with Crippen LogP contribution in [0.25, 0.3) is 0 Å². The van der Waals surface area contributed by atoms with Gasteiger partial charge in [-0.25, -0.2) is 4.79 Å². The minimum Gasteiger partial charge on any atom is -0.508 e. The van der Waals surface area contributed by atoms with Gasteiger partial charge in [0.05, 0.1) is 16.9 Å². The Labute approximate surface area is 303 Å². The van der Waals surface area contributed by atoms with Crippen LogP contribution in [0.2, 0.25) is 0 Å². The number of halogens is 1. The van der Waals surface area contributed by atoms with E-state index >= 15 is 0 Å². The van der Waals surface area contributed by atoms with E-state index in [0.717, 1.165) is 10.2 Å². The first-order chi connectivity index (χ1) is 24.1. The number of rotatable bonds is 1. The zero-order valence-electron chi connectivity index (χ0n) is 27.3. The fourth-order valence-electron chi connectivity index (χ4n) is 3.15. The molecule has 0 atom stereocenters. The first kappa shape index (κ1) is 42.1. The predicted octanol–water partition coefficient (Wildman–Crippen LogP) is 6.48. The van der Waals surface area contributed by atoms with Gasteiger partial charge in [0.2, 0.25) is 0 Å². The second-order valence-corrected chi connectivity index (χ2v) is 11.0. The van der Waals surface area contributed by atoms with E-state index in [2.05, 4.69) is 15.9 Å². The van der Waals surface area contributed by atoms with Crippen molar-refractivity contribution in [3.8, 4) is 23.0 Å². The Kier molecular flexibility index (Phi) is 18.7. The second kappa shape index (κ2) is 22.6. The smallest absolute Gasteiger partial charge is 0.335 e. The van der Waals surface area contributed by atoms with Crippen LogP contribution in [0.1, 0.15) is 10.4 Å². The molecule has 0 bridgehead atoms. The monoisotopic (exact) mass is 759 g/mol. The molecule has 6 aromatic carbocycles.